The molecule has 0 aromatic rings. The molecule has 0 aliphatic carbocycles. The summed E-state index contributed by atoms with van der Waals surface area (Å²) >= 11 is 4.84. The summed E-state index contributed by atoms with van der Waals surface area (Å²) in [6, 6.07) is 0. The first-order valence-corrected chi connectivity index (χ1v) is 8.39. The molecule has 1 rings (SSSR count). The Morgan fingerprint density at radius 3 is 1.63 bits per heavy atom. The highest BCUT2D eigenvalue weighted by Gasteiger charge is 2.53. The van der Waals surface area contributed by atoms with Gasteiger partial charge in [-0.25, -0.2) is 0 Å². The van der Waals surface area contributed by atoms with Gasteiger partial charge in [0.1, 0.15) is 12.7 Å². The third-order valence-corrected chi connectivity index (χ3v) is 3.35. The molecule has 1 aliphatic rings. The Hall–Kier alpha value is -2.27. The van der Waals surface area contributed by atoms with E-state index in [2.05, 4.69) is 0 Å². The van der Waals surface area contributed by atoms with Crippen LogP contribution in [-0.2, 0) is 47.6 Å². The van der Waals surface area contributed by atoms with Gasteiger partial charge < -0.3 is 28.4 Å². The van der Waals surface area contributed by atoms with Crippen LogP contribution in [0.3, 0.4) is 0 Å². The molecule has 0 spiro atoms. The zero-order chi connectivity index (χ0) is 20.7. The summed E-state index contributed by atoms with van der Waals surface area (Å²) in [5.74, 6) is -2.90. The quantitative estimate of drug-likeness (QED) is 0.346. The van der Waals surface area contributed by atoms with Crippen molar-refractivity contribution in [3.63, 3.8) is 0 Å². The number of hydrogen-bond acceptors (Lipinski definition) is 11. The number of thiocarbonyl (C=S) groups is 1. The average Bonchev–Trinajstić information content (AvgIpc) is 2.49. The minimum Gasteiger partial charge on any atom is -0.484 e. The maximum absolute atomic E-state index is 11.6. The Kier molecular flexibility index (Phi) is 8.57. The van der Waals surface area contributed by atoms with E-state index in [4.69, 9.17) is 40.6 Å². The first-order chi connectivity index (χ1) is 12.5. The summed E-state index contributed by atoms with van der Waals surface area (Å²) in [6.45, 7) is 5.84. The van der Waals surface area contributed by atoms with E-state index in [0.29, 0.717) is 0 Å². The molecule has 0 radical (unpaired) electrons. The van der Waals surface area contributed by atoms with E-state index in [1.807, 2.05) is 0 Å². The van der Waals surface area contributed by atoms with Gasteiger partial charge in [-0.2, -0.15) is 0 Å². The number of ether oxygens (including phenoxy) is 6. The minimum atomic E-state index is -1.42. The fraction of sp³-hybridized carbons (Fsp3) is 0.688. The fourth-order valence-corrected chi connectivity index (χ4v) is 2.52. The topological polar surface area (TPSA) is 124 Å². The molecule has 1 unspecified atom stereocenters. The molecule has 0 N–H and O–H groups in total. The lowest BCUT2D eigenvalue weighted by Crippen LogP contribution is -2.63. The van der Waals surface area contributed by atoms with Crippen molar-refractivity contribution in [1.82, 2.24) is 0 Å². The van der Waals surface area contributed by atoms with E-state index in [1.165, 1.54) is 6.92 Å². The predicted molar refractivity (Wildman–Crippen MR) is 91.3 cm³/mol. The lowest BCUT2D eigenvalue weighted by molar-refractivity contribution is -0.299. The van der Waals surface area contributed by atoms with Crippen LogP contribution >= 0.6 is 12.2 Å². The molecule has 1 heterocycles. The largest absolute Gasteiger partial charge is 0.484 e. The van der Waals surface area contributed by atoms with E-state index in [1.54, 1.807) is 0 Å². The van der Waals surface area contributed by atoms with Gasteiger partial charge in [-0.1, -0.05) is 0 Å². The number of esters is 4. The fourth-order valence-electron chi connectivity index (χ4n) is 2.45. The van der Waals surface area contributed by atoms with Crippen LogP contribution in [0.15, 0.2) is 0 Å². The summed E-state index contributed by atoms with van der Waals surface area (Å²) < 4.78 is 31.5. The van der Waals surface area contributed by atoms with Gasteiger partial charge in [0, 0.05) is 34.6 Å². The lowest BCUT2D eigenvalue weighted by atomic mass is 9.98. The minimum absolute atomic E-state index is 0.185. The number of carbonyl (C=O) groups is 4. The van der Waals surface area contributed by atoms with Crippen molar-refractivity contribution < 1.29 is 47.6 Å². The number of hydrogen-bond donors (Lipinski definition) is 0. The van der Waals surface area contributed by atoms with Gasteiger partial charge in [-0.05, 0) is 12.2 Å². The van der Waals surface area contributed by atoms with Gasteiger partial charge in [-0.15, -0.1) is 0 Å². The van der Waals surface area contributed by atoms with Crippen LogP contribution in [0, 0.1) is 0 Å². The number of rotatable bonds is 6. The average molecular weight is 406 g/mol. The van der Waals surface area contributed by atoms with Crippen molar-refractivity contribution in [1.29, 1.82) is 0 Å². The molecule has 0 aromatic heterocycles. The van der Waals surface area contributed by atoms with Crippen molar-refractivity contribution in [3.05, 3.63) is 0 Å². The van der Waals surface area contributed by atoms with Gasteiger partial charge >= 0.3 is 23.9 Å². The maximum atomic E-state index is 11.6. The normalized spacial score (nSPS) is 27.1. The Balaban J connectivity index is 3.29. The molecule has 11 heteroatoms. The van der Waals surface area contributed by atoms with Crippen molar-refractivity contribution in [2.45, 2.75) is 65.3 Å². The molecular formula is C16H22O10S. The third-order valence-electron chi connectivity index (χ3n) is 3.23. The molecule has 0 amide bonds. The molecule has 10 nitrogen and oxygen atoms in total. The van der Waals surface area contributed by atoms with E-state index in [9.17, 15) is 19.2 Å². The monoisotopic (exact) mass is 406 g/mol. The van der Waals surface area contributed by atoms with Gasteiger partial charge in [-0.3, -0.25) is 19.2 Å². The van der Waals surface area contributed by atoms with Crippen molar-refractivity contribution in [2.75, 3.05) is 6.61 Å². The van der Waals surface area contributed by atoms with Crippen LogP contribution < -0.4 is 0 Å². The smallest absolute Gasteiger partial charge is 0.305 e. The van der Waals surface area contributed by atoms with Crippen LogP contribution in [0.1, 0.15) is 34.6 Å². The predicted octanol–water partition coefficient (Wildman–Crippen LogP) is 0.433. The van der Waals surface area contributed by atoms with Crippen LogP contribution in [0.25, 0.3) is 0 Å². The zero-order valence-corrected chi connectivity index (χ0v) is 16.4. The highest BCUT2D eigenvalue weighted by Crippen LogP contribution is 2.30. The molecule has 0 aromatic carbocycles. The second-order valence-electron chi connectivity index (χ2n) is 5.68. The standard InChI is InChI=1S/C16H22O10S/c1-7(17)22-13-12(6-21-11(5)27)26-16(25-10(4)20)15(24-9(3)19)14(13)23-8(2)18/h12-16H,6H2,1-5H3/t12-,13-,14+,15-,16?/m1/s1. The van der Waals surface area contributed by atoms with Crippen LogP contribution in [-0.4, -0.2) is 66.2 Å². The Morgan fingerprint density at radius 1 is 0.741 bits per heavy atom. The summed E-state index contributed by atoms with van der Waals surface area (Å²) in [5, 5.41) is 0.190. The molecule has 1 fully saturated rings. The Morgan fingerprint density at radius 2 is 1.19 bits per heavy atom. The van der Waals surface area contributed by atoms with Crippen LogP contribution in [0.2, 0.25) is 0 Å². The first kappa shape index (κ1) is 22.8. The van der Waals surface area contributed by atoms with Crippen LogP contribution in [0.5, 0.6) is 0 Å². The SMILES string of the molecule is CC(=O)OC1O[C@H](COC(C)=S)[C@@H](OC(C)=O)[C@H](OC(C)=O)[C@H]1OC(C)=O. The highest BCUT2D eigenvalue weighted by molar-refractivity contribution is 7.80. The molecule has 27 heavy (non-hydrogen) atoms. The molecular weight excluding hydrogens is 384 g/mol. The van der Waals surface area contributed by atoms with Gasteiger partial charge in [0.2, 0.25) is 12.4 Å². The van der Waals surface area contributed by atoms with E-state index >= 15 is 0 Å². The molecule has 0 bridgehead atoms. The van der Waals surface area contributed by atoms with Gasteiger partial charge in [0.25, 0.3) is 0 Å². The van der Waals surface area contributed by atoms with Gasteiger partial charge in [0.05, 0.1) is 0 Å². The van der Waals surface area contributed by atoms with Crippen molar-refractivity contribution in [2.24, 2.45) is 0 Å². The van der Waals surface area contributed by atoms with Crippen molar-refractivity contribution in [3.8, 4) is 0 Å². The summed E-state index contributed by atoms with van der Waals surface area (Å²) in [7, 11) is 0. The third kappa shape index (κ3) is 7.47. The first-order valence-electron chi connectivity index (χ1n) is 7.99. The van der Waals surface area contributed by atoms with Crippen LogP contribution in [0.4, 0.5) is 0 Å². The second kappa shape index (κ2) is 10.2. The van der Waals surface area contributed by atoms with E-state index < -0.39 is 54.6 Å². The molecule has 0 saturated carbocycles. The second-order valence-corrected chi connectivity index (χ2v) is 6.25. The Labute approximate surface area is 161 Å². The summed E-state index contributed by atoms with van der Waals surface area (Å²) in [4.78, 5) is 46.0. The Bertz CT molecular complexity index is 604. The summed E-state index contributed by atoms with van der Waals surface area (Å²) in [6.07, 6.45) is -6.29. The maximum Gasteiger partial charge on any atom is 0.305 e. The highest BCUT2D eigenvalue weighted by atomic mass is 32.1. The lowest BCUT2D eigenvalue weighted by Gasteiger charge is -2.43. The molecule has 5 atom stereocenters. The zero-order valence-electron chi connectivity index (χ0n) is 15.6. The van der Waals surface area contributed by atoms with E-state index in [-0.39, 0.29) is 11.7 Å². The molecule has 152 valence electrons. The molecule has 1 saturated heterocycles. The summed E-state index contributed by atoms with van der Waals surface area (Å²) in [5.41, 5.74) is 0. The molecule has 1 aliphatic heterocycles. The van der Waals surface area contributed by atoms with E-state index in [0.717, 1.165) is 27.7 Å². The number of carbonyl (C=O) groups excluding carboxylic acids is 4. The van der Waals surface area contributed by atoms with Gasteiger partial charge in [0.15, 0.2) is 17.3 Å². The van der Waals surface area contributed by atoms with Crippen molar-refractivity contribution >= 4 is 41.1 Å².